The molecule has 0 unspecified atom stereocenters. The second-order valence-electron chi connectivity index (χ2n) is 6.21. The zero-order valence-electron chi connectivity index (χ0n) is 14.1. The number of carbonyl (C=O) groups excluding carboxylic acids is 1. The Kier molecular flexibility index (Phi) is 5.61. The van der Waals surface area contributed by atoms with Gasteiger partial charge in [-0.3, -0.25) is 0 Å². The van der Waals surface area contributed by atoms with Crippen LogP contribution >= 0.6 is 11.6 Å². The number of halogens is 1. The average Bonchev–Trinajstić information content (AvgIpc) is 2.54. The lowest BCUT2D eigenvalue weighted by Crippen LogP contribution is -2.36. The van der Waals surface area contributed by atoms with Gasteiger partial charge in [0.15, 0.2) is 0 Å². The Morgan fingerprint density at radius 1 is 1.04 bits per heavy atom. The number of urea groups is 1. The number of nitrogens with zero attached hydrogens (tertiary/aromatic N) is 1. The maximum atomic E-state index is 12.0. The van der Waals surface area contributed by atoms with E-state index in [4.69, 9.17) is 11.6 Å². The fourth-order valence-corrected chi connectivity index (χ4v) is 2.77. The summed E-state index contributed by atoms with van der Waals surface area (Å²) in [5.74, 6) is 0. The molecule has 4 nitrogen and oxygen atoms in total. The molecule has 0 radical (unpaired) electrons. The van der Waals surface area contributed by atoms with Crippen molar-refractivity contribution in [2.75, 3.05) is 18.4 Å². The quantitative estimate of drug-likeness (QED) is 0.805. The van der Waals surface area contributed by atoms with Crippen LogP contribution in [0.4, 0.5) is 10.5 Å². The van der Waals surface area contributed by atoms with Crippen LogP contribution in [0.2, 0.25) is 5.02 Å². The van der Waals surface area contributed by atoms with E-state index in [1.165, 1.54) is 12.0 Å². The van der Waals surface area contributed by atoms with Crippen LogP contribution in [0.3, 0.4) is 0 Å². The summed E-state index contributed by atoms with van der Waals surface area (Å²) in [6.07, 6.45) is 2.11. The fourth-order valence-electron chi connectivity index (χ4n) is 2.65. The third kappa shape index (κ3) is 5.00. The van der Waals surface area contributed by atoms with Crippen LogP contribution in [0.1, 0.15) is 17.5 Å². The van der Waals surface area contributed by atoms with Crippen molar-refractivity contribution in [3.05, 3.63) is 77.0 Å². The van der Waals surface area contributed by atoms with Crippen LogP contribution in [0.5, 0.6) is 0 Å². The second-order valence-corrected chi connectivity index (χ2v) is 6.65. The van der Waals surface area contributed by atoms with Crippen molar-refractivity contribution < 1.29 is 4.79 Å². The third-order valence-corrected chi connectivity index (χ3v) is 4.54. The highest BCUT2D eigenvalue weighted by Gasteiger charge is 2.15. The number of rotatable bonds is 6. The van der Waals surface area contributed by atoms with Crippen LogP contribution in [-0.4, -0.2) is 24.0 Å². The Bertz CT molecular complexity index is 737. The molecular formula is C20H22ClN3O. The van der Waals surface area contributed by atoms with Crippen molar-refractivity contribution in [3.8, 4) is 0 Å². The smallest absolute Gasteiger partial charge is 0.319 e. The molecule has 0 saturated carbocycles. The van der Waals surface area contributed by atoms with Crippen molar-refractivity contribution in [1.82, 2.24) is 10.2 Å². The molecule has 130 valence electrons. The van der Waals surface area contributed by atoms with Gasteiger partial charge in [0.2, 0.25) is 0 Å². The van der Waals surface area contributed by atoms with Gasteiger partial charge in [0.05, 0.1) is 0 Å². The first kappa shape index (κ1) is 17.4. The molecule has 1 fully saturated rings. The van der Waals surface area contributed by atoms with Gasteiger partial charge in [-0.05, 0) is 41.8 Å². The summed E-state index contributed by atoms with van der Waals surface area (Å²) in [5, 5.41) is 6.36. The van der Waals surface area contributed by atoms with E-state index >= 15 is 0 Å². The lowest BCUT2D eigenvalue weighted by molar-refractivity contribution is 0.235. The number of carbonyl (C=O) groups is 1. The van der Waals surface area contributed by atoms with E-state index in [1.807, 2.05) is 48.5 Å². The van der Waals surface area contributed by atoms with Crippen molar-refractivity contribution in [1.29, 1.82) is 0 Å². The largest absolute Gasteiger partial charge is 0.375 e. The lowest BCUT2D eigenvalue weighted by Gasteiger charge is -2.34. The first-order chi connectivity index (χ1) is 12.1. The number of amides is 2. The monoisotopic (exact) mass is 355 g/mol. The van der Waals surface area contributed by atoms with Crippen molar-refractivity contribution in [3.63, 3.8) is 0 Å². The van der Waals surface area contributed by atoms with Crippen LogP contribution in [0.25, 0.3) is 0 Å². The molecule has 1 heterocycles. The number of allylic oxidation sites excluding steroid dienone is 1. The van der Waals surface area contributed by atoms with Gasteiger partial charge in [0.25, 0.3) is 0 Å². The summed E-state index contributed by atoms with van der Waals surface area (Å²) in [6.45, 7) is 6.83. The summed E-state index contributed by atoms with van der Waals surface area (Å²) in [6, 6.07) is 15.1. The van der Waals surface area contributed by atoms with Crippen molar-refractivity contribution in [2.45, 2.75) is 19.4 Å². The molecule has 1 aliphatic rings. The van der Waals surface area contributed by atoms with E-state index in [0.717, 1.165) is 36.5 Å². The summed E-state index contributed by atoms with van der Waals surface area (Å²) >= 11 is 5.85. The van der Waals surface area contributed by atoms with E-state index in [0.29, 0.717) is 11.6 Å². The van der Waals surface area contributed by atoms with Crippen LogP contribution in [0.15, 0.2) is 60.8 Å². The predicted octanol–water partition coefficient (Wildman–Crippen LogP) is 4.42. The molecule has 1 aliphatic heterocycles. The lowest BCUT2D eigenvalue weighted by atomic mass is 10.1. The van der Waals surface area contributed by atoms with Crippen LogP contribution in [0, 0.1) is 0 Å². The molecule has 25 heavy (non-hydrogen) atoms. The molecule has 0 aromatic heterocycles. The van der Waals surface area contributed by atoms with Gasteiger partial charge in [-0.25, -0.2) is 4.79 Å². The number of benzene rings is 2. The van der Waals surface area contributed by atoms with Crippen molar-refractivity contribution >= 4 is 23.3 Å². The summed E-state index contributed by atoms with van der Waals surface area (Å²) < 4.78 is 0. The highest BCUT2D eigenvalue weighted by molar-refractivity contribution is 6.30. The zero-order chi connectivity index (χ0) is 17.6. The predicted molar refractivity (Wildman–Crippen MR) is 103 cm³/mol. The molecule has 0 spiro atoms. The summed E-state index contributed by atoms with van der Waals surface area (Å²) in [4.78, 5) is 14.3. The average molecular weight is 356 g/mol. The standard InChI is InChI=1S/C20H22ClN3O/c1-15(24-11-2-12-24)13-16-5-9-19(10-6-16)23-20(25)22-14-17-3-7-18(21)8-4-17/h3-10H,1-2,11-14H2,(H2,22,23,25). The fraction of sp³-hybridized carbons (Fsp3) is 0.250. The Labute approximate surface area is 153 Å². The first-order valence-corrected chi connectivity index (χ1v) is 8.79. The van der Waals surface area contributed by atoms with E-state index in [2.05, 4.69) is 22.1 Å². The van der Waals surface area contributed by atoms with Crippen LogP contribution in [-0.2, 0) is 13.0 Å². The molecule has 2 N–H and O–H groups in total. The number of hydrogen-bond acceptors (Lipinski definition) is 2. The molecule has 3 rings (SSSR count). The molecule has 1 saturated heterocycles. The van der Waals surface area contributed by atoms with Gasteiger partial charge in [0.1, 0.15) is 0 Å². The molecule has 0 aliphatic carbocycles. The molecule has 5 heteroatoms. The number of nitrogens with one attached hydrogen (secondary N) is 2. The summed E-state index contributed by atoms with van der Waals surface area (Å²) in [7, 11) is 0. The normalized spacial score (nSPS) is 13.1. The number of hydrogen-bond donors (Lipinski definition) is 2. The minimum atomic E-state index is -0.229. The summed E-state index contributed by atoms with van der Waals surface area (Å²) in [5.41, 5.74) is 4.13. The molecule has 2 amide bonds. The Morgan fingerprint density at radius 2 is 1.68 bits per heavy atom. The molecule has 2 aromatic rings. The SMILES string of the molecule is C=C(Cc1ccc(NC(=O)NCc2ccc(Cl)cc2)cc1)N1CCC1. The molecule has 0 bridgehead atoms. The highest BCUT2D eigenvalue weighted by atomic mass is 35.5. The van der Waals surface area contributed by atoms with E-state index in [1.54, 1.807) is 0 Å². The third-order valence-electron chi connectivity index (χ3n) is 4.29. The Balaban J connectivity index is 1.46. The van der Waals surface area contributed by atoms with Gasteiger partial charge in [0, 0.05) is 42.5 Å². The Hall–Kier alpha value is -2.46. The van der Waals surface area contributed by atoms with Gasteiger partial charge < -0.3 is 15.5 Å². The molecular weight excluding hydrogens is 334 g/mol. The van der Waals surface area contributed by atoms with Crippen molar-refractivity contribution in [2.24, 2.45) is 0 Å². The second kappa shape index (κ2) is 8.08. The maximum absolute atomic E-state index is 12.0. The minimum Gasteiger partial charge on any atom is -0.375 e. The highest BCUT2D eigenvalue weighted by Crippen LogP contribution is 2.18. The van der Waals surface area contributed by atoms with Gasteiger partial charge in [-0.1, -0.05) is 42.4 Å². The van der Waals surface area contributed by atoms with Crippen LogP contribution < -0.4 is 10.6 Å². The number of anilines is 1. The first-order valence-electron chi connectivity index (χ1n) is 8.41. The van der Waals surface area contributed by atoms with Gasteiger partial charge in [-0.15, -0.1) is 0 Å². The number of likely N-dealkylation sites (tertiary alicyclic amines) is 1. The Morgan fingerprint density at radius 3 is 2.28 bits per heavy atom. The molecule has 0 atom stereocenters. The topological polar surface area (TPSA) is 44.4 Å². The van der Waals surface area contributed by atoms with E-state index in [9.17, 15) is 4.79 Å². The maximum Gasteiger partial charge on any atom is 0.319 e. The zero-order valence-corrected chi connectivity index (χ0v) is 14.9. The minimum absolute atomic E-state index is 0.229. The van der Waals surface area contributed by atoms with Gasteiger partial charge >= 0.3 is 6.03 Å². The van der Waals surface area contributed by atoms with E-state index < -0.39 is 0 Å². The molecule has 2 aromatic carbocycles. The van der Waals surface area contributed by atoms with E-state index in [-0.39, 0.29) is 6.03 Å². The van der Waals surface area contributed by atoms with Gasteiger partial charge in [-0.2, -0.15) is 0 Å².